The third-order valence-electron chi connectivity index (χ3n) is 8.86. The van der Waals surface area contributed by atoms with Gasteiger partial charge in [0.15, 0.2) is 25.2 Å². The fourth-order valence-electron chi connectivity index (χ4n) is 6.09. The summed E-state index contributed by atoms with van der Waals surface area (Å²) in [4.78, 5) is 23.3. The van der Waals surface area contributed by atoms with Crippen LogP contribution >= 0.6 is 0 Å². The molecule has 23 nitrogen and oxygen atoms in total. The van der Waals surface area contributed by atoms with Gasteiger partial charge in [-0.1, -0.05) is 0 Å². The average Bonchev–Trinajstić information content (AvgIpc) is 3.08. The largest absolute Gasteiger partial charge is 0.547 e. The molecule has 4 heterocycles. The normalized spacial score (nSPS) is 48.6. The third kappa shape index (κ3) is 8.52. The SMILES string of the molecule is CO[C@@H]1O[C@H](CO[C@@H]2O[C@H](CO)[C@@H](O[C@@H]3O[C@H](C(=O)[O-])[C@H](O)[C@H](O)[C@H]3O)[C@H](O)[C@H]2O)[C@@H](O[C@@H]2O[C@H](C[NH3+])[C@H](O)[C@H](O)[C@H]2O)[C@H](O)[C@H]1NC(C)=O. The van der Waals surface area contributed by atoms with E-state index in [9.17, 15) is 65.8 Å². The summed E-state index contributed by atoms with van der Waals surface area (Å²) in [5.74, 6) is -2.55. The number of methoxy groups -OCH3 is 1. The maximum absolute atomic E-state index is 11.9. The highest BCUT2D eigenvalue weighted by Crippen LogP contribution is 2.32. The Bertz CT molecular complexity index is 1120. The summed E-state index contributed by atoms with van der Waals surface area (Å²) in [5.41, 5.74) is 3.62. The van der Waals surface area contributed by atoms with Crippen molar-refractivity contribution in [2.45, 2.75) is 130 Å². The van der Waals surface area contributed by atoms with Crippen LogP contribution in [0.15, 0.2) is 0 Å². The Balaban J connectivity index is 1.50. The molecule has 0 aliphatic carbocycles. The Morgan fingerprint density at radius 1 is 0.680 bits per heavy atom. The van der Waals surface area contributed by atoms with E-state index in [1.54, 1.807) is 0 Å². The molecule has 4 aliphatic heterocycles. The van der Waals surface area contributed by atoms with Crippen molar-refractivity contribution in [3.63, 3.8) is 0 Å². The number of aliphatic hydroxyl groups is 10. The van der Waals surface area contributed by atoms with E-state index in [-0.39, 0.29) is 6.54 Å². The lowest BCUT2D eigenvalue weighted by Gasteiger charge is -2.48. The van der Waals surface area contributed by atoms with Gasteiger partial charge in [0.1, 0.15) is 104 Å². The van der Waals surface area contributed by atoms with Crippen LogP contribution < -0.4 is 16.2 Å². The summed E-state index contributed by atoms with van der Waals surface area (Å²) >= 11 is 0. The summed E-state index contributed by atoms with van der Waals surface area (Å²) in [7, 11) is 1.20. The number of ether oxygens (including phenoxy) is 8. The van der Waals surface area contributed by atoms with E-state index in [1.165, 1.54) is 7.11 Å². The average molecular weight is 735 g/mol. The molecule has 1 amide bonds. The number of carboxylic acid groups (broad SMARTS) is 1. The van der Waals surface area contributed by atoms with Gasteiger partial charge in [-0.05, 0) is 0 Å². The van der Waals surface area contributed by atoms with E-state index in [0.29, 0.717) is 0 Å². The topological polar surface area (TPSA) is 373 Å². The predicted molar refractivity (Wildman–Crippen MR) is 149 cm³/mol. The van der Waals surface area contributed by atoms with Crippen molar-refractivity contribution in [2.75, 3.05) is 26.9 Å². The standard InChI is InChI=1S/C27H46N2O21/c1-6(31)29-10-12(33)21(49-26-17(38)13(34)11(32)7(3-28)45-26)9(47-24(10)43-2)5-44-25-19(40)16(37)20(8(4-30)46-25)48-27-18(39)14(35)15(36)22(50-27)23(41)42/h7-22,24-27,30,32-40H,3-5,28H2,1-2H3,(H,29,31)(H,41,42)/t7-,8-,9-,10-,11+,12-,13+,14+,15-,16-,17-,18-,19-,20-,21-,22+,24-,25-,26+,27-/m1/s1. The van der Waals surface area contributed by atoms with Crippen molar-refractivity contribution in [3.05, 3.63) is 0 Å². The quantitative estimate of drug-likeness (QED) is 0.0885. The second kappa shape index (κ2) is 17.3. The van der Waals surface area contributed by atoms with Crippen LogP contribution in [0.2, 0.25) is 0 Å². The van der Waals surface area contributed by atoms with Gasteiger partial charge in [-0.25, -0.2) is 0 Å². The van der Waals surface area contributed by atoms with Crippen molar-refractivity contribution in [1.82, 2.24) is 5.32 Å². The van der Waals surface area contributed by atoms with Crippen LogP contribution in [0.25, 0.3) is 0 Å². The summed E-state index contributed by atoms with van der Waals surface area (Å²) in [6.45, 7) is -0.464. The fraction of sp³-hybridized carbons (Fsp3) is 0.926. The molecule has 23 heteroatoms. The molecule has 290 valence electrons. The minimum Gasteiger partial charge on any atom is -0.547 e. The molecule has 0 aromatic carbocycles. The van der Waals surface area contributed by atoms with Crippen LogP contribution in [0.5, 0.6) is 0 Å². The molecule has 50 heavy (non-hydrogen) atoms. The number of aliphatic hydroxyl groups excluding tert-OH is 10. The van der Waals surface area contributed by atoms with E-state index >= 15 is 0 Å². The molecule has 0 aromatic heterocycles. The van der Waals surface area contributed by atoms with E-state index in [1.807, 2.05) is 0 Å². The highest BCUT2D eigenvalue weighted by atomic mass is 16.8. The molecule has 4 saturated heterocycles. The lowest BCUT2D eigenvalue weighted by atomic mass is 9.95. The zero-order chi connectivity index (χ0) is 37.2. The molecule has 0 unspecified atom stereocenters. The Morgan fingerprint density at radius 2 is 1.20 bits per heavy atom. The van der Waals surface area contributed by atoms with Gasteiger partial charge in [0, 0.05) is 14.0 Å². The van der Waals surface area contributed by atoms with Crippen LogP contribution in [0, 0.1) is 0 Å². The Labute approximate surface area is 283 Å². The van der Waals surface area contributed by atoms with Gasteiger partial charge in [0.05, 0.1) is 19.2 Å². The number of carboxylic acids is 1. The van der Waals surface area contributed by atoms with Crippen LogP contribution in [0.1, 0.15) is 6.92 Å². The first-order chi connectivity index (χ1) is 23.6. The molecule has 0 saturated carbocycles. The molecular weight excluding hydrogens is 688 g/mol. The second-order valence-corrected chi connectivity index (χ2v) is 12.3. The van der Waals surface area contributed by atoms with Gasteiger partial charge in [0.25, 0.3) is 0 Å². The first-order valence-electron chi connectivity index (χ1n) is 15.6. The highest BCUT2D eigenvalue weighted by molar-refractivity contribution is 5.73. The van der Waals surface area contributed by atoms with Gasteiger partial charge in [-0.15, -0.1) is 0 Å². The smallest absolute Gasteiger partial charge is 0.217 e. The number of hydrogen-bond donors (Lipinski definition) is 12. The number of quaternary nitrogens is 1. The monoisotopic (exact) mass is 734 g/mol. The van der Waals surface area contributed by atoms with Crippen molar-refractivity contribution in [1.29, 1.82) is 0 Å². The highest BCUT2D eigenvalue weighted by Gasteiger charge is 2.54. The minimum atomic E-state index is -2.16. The van der Waals surface area contributed by atoms with Crippen LogP contribution in [0.4, 0.5) is 0 Å². The maximum atomic E-state index is 11.9. The van der Waals surface area contributed by atoms with Gasteiger partial charge in [-0.2, -0.15) is 0 Å². The van der Waals surface area contributed by atoms with Gasteiger partial charge >= 0.3 is 0 Å². The van der Waals surface area contributed by atoms with Crippen LogP contribution in [-0.4, -0.2) is 213 Å². The van der Waals surface area contributed by atoms with E-state index < -0.39 is 148 Å². The summed E-state index contributed by atoms with van der Waals surface area (Å²) in [6, 6.07) is -1.26. The minimum absolute atomic E-state index is 0.0526. The van der Waals surface area contributed by atoms with Crippen molar-refractivity contribution in [3.8, 4) is 0 Å². The van der Waals surface area contributed by atoms with E-state index in [2.05, 4.69) is 11.1 Å². The first-order valence-corrected chi connectivity index (χ1v) is 15.6. The molecular formula is C27H46N2O21. The number of aliphatic carboxylic acids is 1. The second-order valence-electron chi connectivity index (χ2n) is 12.3. The predicted octanol–water partition coefficient (Wildman–Crippen LogP) is -10.9. The summed E-state index contributed by atoms with van der Waals surface area (Å²) in [5, 5.41) is 118. The number of amides is 1. The van der Waals surface area contributed by atoms with Gasteiger partial charge in [0.2, 0.25) is 5.91 Å². The zero-order valence-electron chi connectivity index (χ0n) is 26.8. The summed E-state index contributed by atoms with van der Waals surface area (Å²) in [6.07, 6.45) is -33.3. The Morgan fingerprint density at radius 3 is 1.74 bits per heavy atom. The third-order valence-corrected chi connectivity index (χ3v) is 8.86. The molecule has 20 atom stereocenters. The fourth-order valence-corrected chi connectivity index (χ4v) is 6.09. The molecule has 4 fully saturated rings. The lowest BCUT2D eigenvalue weighted by molar-refractivity contribution is -0.420. The Hall–Kier alpha value is -1.82. The summed E-state index contributed by atoms with van der Waals surface area (Å²) < 4.78 is 44.2. The number of nitrogens with one attached hydrogen (secondary N) is 1. The first kappa shape index (κ1) is 40.9. The number of rotatable bonds is 12. The Kier molecular flexibility index (Phi) is 14.2. The number of hydrogen-bond acceptors (Lipinski definition) is 21. The molecule has 0 radical (unpaired) electrons. The van der Waals surface area contributed by atoms with Gasteiger partial charge < -0.3 is 110 Å². The van der Waals surface area contributed by atoms with Crippen LogP contribution in [-0.2, 0) is 47.5 Å². The molecule has 4 rings (SSSR count). The molecule has 0 aromatic rings. The molecule has 0 bridgehead atoms. The van der Waals surface area contributed by atoms with E-state index in [4.69, 9.17) is 37.9 Å². The van der Waals surface area contributed by atoms with E-state index in [0.717, 1.165) is 6.92 Å². The van der Waals surface area contributed by atoms with Crippen molar-refractivity contribution >= 4 is 11.9 Å². The number of carbonyl (C=O) groups excluding carboxylic acids is 2. The van der Waals surface area contributed by atoms with Crippen molar-refractivity contribution < 1.29 is 109 Å². The maximum Gasteiger partial charge on any atom is 0.217 e. The van der Waals surface area contributed by atoms with Crippen LogP contribution in [0.3, 0.4) is 0 Å². The molecule has 4 aliphatic rings. The number of carbonyl (C=O) groups is 2. The van der Waals surface area contributed by atoms with Gasteiger partial charge in [-0.3, -0.25) is 4.79 Å². The molecule has 14 N–H and O–H groups in total. The van der Waals surface area contributed by atoms with Crippen molar-refractivity contribution in [2.24, 2.45) is 0 Å². The lowest BCUT2D eigenvalue weighted by Crippen LogP contribution is -2.69. The zero-order valence-corrected chi connectivity index (χ0v) is 26.8. The molecule has 0 spiro atoms.